The number of likely N-dealkylation sites (tertiary alicyclic amines) is 1. The number of nitrogens with zero attached hydrogens (tertiary/aromatic N) is 3. The minimum atomic E-state index is -0.365. The Morgan fingerprint density at radius 2 is 1.89 bits per heavy atom. The fourth-order valence-corrected chi connectivity index (χ4v) is 5.19. The highest BCUT2D eigenvalue weighted by atomic mass is 16.6. The second-order valence-corrected chi connectivity index (χ2v) is 12.0. The highest BCUT2D eigenvalue weighted by Gasteiger charge is 2.31. The average Bonchev–Trinajstić information content (AvgIpc) is 3.26. The van der Waals surface area contributed by atoms with Crippen molar-refractivity contribution in [1.29, 1.82) is 5.41 Å². The maximum absolute atomic E-state index is 11.3. The normalized spacial score (nSPS) is 19.8. The summed E-state index contributed by atoms with van der Waals surface area (Å²) < 4.78 is 6.52. The number of nitrogens with one attached hydrogen (secondary N) is 3. The van der Waals surface area contributed by atoms with Gasteiger partial charge >= 0.3 is 6.09 Å². The van der Waals surface area contributed by atoms with Crippen molar-refractivity contribution in [2.24, 2.45) is 5.92 Å². The van der Waals surface area contributed by atoms with Crippen molar-refractivity contribution in [2.75, 3.05) is 18.9 Å². The first-order valence-corrected chi connectivity index (χ1v) is 13.6. The molecule has 0 unspecified atom stereocenters. The van der Waals surface area contributed by atoms with Crippen LogP contribution in [-0.2, 0) is 9.53 Å². The van der Waals surface area contributed by atoms with E-state index in [1.165, 1.54) is 15.9 Å². The molecule has 5 N–H and O–H groups in total. The molecule has 0 spiro atoms. The van der Waals surface area contributed by atoms with Gasteiger partial charge in [0, 0.05) is 48.1 Å². The molecule has 1 aliphatic carbocycles. The Labute approximate surface area is 225 Å². The predicted molar refractivity (Wildman–Crippen MR) is 148 cm³/mol. The molecule has 38 heavy (non-hydrogen) atoms. The number of rotatable bonds is 5. The van der Waals surface area contributed by atoms with Crippen LogP contribution in [0.3, 0.4) is 0 Å². The first-order chi connectivity index (χ1) is 17.8. The van der Waals surface area contributed by atoms with E-state index in [1.54, 1.807) is 11.1 Å². The predicted octanol–water partition coefficient (Wildman–Crippen LogP) is 4.15. The van der Waals surface area contributed by atoms with Gasteiger partial charge in [-0.15, -0.1) is 0 Å². The van der Waals surface area contributed by atoms with Gasteiger partial charge in [-0.3, -0.25) is 20.0 Å². The first kappa shape index (κ1) is 29.3. The van der Waals surface area contributed by atoms with Gasteiger partial charge in [0.2, 0.25) is 6.41 Å². The number of nitrogen functional groups attached to an aromatic ring is 1. The Morgan fingerprint density at radius 1 is 1.26 bits per heavy atom. The molecule has 10 heteroatoms. The van der Waals surface area contributed by atoms with Crippen molar-refractivity contribution in [3.63, 3.8) is 0 Å². The van der Waals surface area contributed by atoms with E-state index in [1.807, 2.05) is 33.8 Å². The molecule has 0 aromatic carbocycles. The molecule has 1 saturated heterocycles. The van der Waals surface area contributed by atoms with Crippen LogP contribution in [0.4, 0.5) is 4.79 Å². The van der Waals surface area contributed by atoms with E-state index in [9.17, 15) is 9.59 Å². The van der Waals surface area contributed by atoms with Crippen LogP contribution < -0.4 is 16.6 Å². The molecular weight excluding hydrogens is 482 g/mol. The molecule has 2 fully saturated rings. The lowest BCUT2D eigenvalue weighted by Gasteiger charge is -2.37. The number of pyridine rings is 1. The molecule has 0 radical (unpaired) electrons. The summed E-state index contributed by atoms with van der Waals surface area (Å²) in [5, 5.41) is 18.8. The highest BCUT2D eigenvalue weighted by Crippen LogP contribution is 2.39. The Morgan fingerprint density at radius 3 is 2.39 bits per heavy atom. The van der Waals surface area contributed by atoms with Gasteiger partial charge in [0.05, 0.1) is 5.69 Å². The SMILES string of the molecule is CC1CN(C(=O)OC(C)(C)C)C1.Cc1cc(-c2n[nH]c(C3CCC(NC=O)CC3)c2C(C)C)cn(N)c1=N. The van der Waals surface area contributed by atoms with Crippen LogP contribution in [0.2, 0.25) is 0 Å². The lowest BCUT2D eigenvalue weighted by atomic mass is 9.81. The monoisotopic (exact) mass is 527 g/mol. The average molecular weight is 528 g/mol. The smallest absolute Gasteiger partial charge is 0.410 e. The number of aromatic amines is 1. The quantitative estimate of drug-likeness (QED) is 0.341. The number of aryl methyl sites for hydroxylation is 1. The Bertz CT molecular complexity index is 1140. The fourth-order valence-electron chi connectivity index (χ4n) is 5.19. The maximum atomic E-state index is 11.3. The number of H-pyrrole nitrogens is 1. The Hall–Kier alpha value is -3.30. The third kappa shape index (κ3) is 7.17. The molecule has 0 bridgehead atoms. The zero-order chi connectivity index (χ0) is 28.2. The highest BCUT2D eigenvalue weighted by molar-refractivity contribution is 5.69. The Balaban J connectivity index is 0.000000279. The van der Waals surface area contributed by atoms with Crippen molar-refractivity contribution in [3.8, 4) is 11.3 Å². The van der Waals surface area contributed by atoms with E-state index >= 15 is 0 Å². The summed E-state index contributed by atoms with van der Waals surface area (Å²) in [7, 11) is 0. The summed E-state index contributed by atoms with van der Waals surface area (Å²) in [4.78, 5) is 23.7. The van der Waals surface area contributed by atoms with Crippen LogP contribution in [0.25, 0.3) is 11.3 Å². The summed E-state index contributed by atoms with van der Waals surface area (Å²) in [5.74, 6) is 7.33. The number of hydrogen-bond acceptors (Lipinski definition) is 6. The molecule has 2 amide bonds. The summed E-state index contributed by atoms with van der Waals surface area (Å²) in [6, 6.07) is 2.26. The van der Waals surface area contributed by atoms with Gasteiger partial charge in [0.15, 0.2) is 0 Å². The van der Waals surface area contributed by atoms with Gasteiger partial charge in [0.25, 0.3) is 0 Å². The van der Waals surface area contributed by atoms with Gasteiger partial charge in [-0.1, -0.05) is 20.8 Å². The summed E-state index contributed by atoms with van der Waals surface area (Å²) in [6.07, 6.45) is 6.45. The molecule has 1 aliphatic heterocycles. The molecule has 210 valence electrons. The van der Waals surface area contributed by atoms with E-state index in [0.717, 1.165) is 62.0 Å². The van der Waals surface area contributed by atoms with E-state index in [4.69, 9.17) is 16.0 Å². The van der Waals surface area contributed by atoms with Crippen LogP contribution >= 0.6 is 0 Å². The second-order valence-electron chi connectivity index (χ2n) is 12.0. The van der Waals surface area contributed by atoms with Crippen LogP contribution in [0.5, 0.6) is 0 Å². The van der Waals surface area contributed by atoms with Crippen LogP contribution in [0.1, 0.15) is 95.9 Å². The summed E-state index contributed by atoms with van der Waals surface area (Å²) in [6.45, 7) is 15.7. The number of carbonyl (C=O) groups is 2. The van der Waals surface area contributed by atoms with Crippen LogP contribution in [0.15, 0.2) is 12.3 Å². The largest absolute Gasteiger partial charge is 0.444 e. The van der Waals surface area contributed by atoms with E-state index < -0.39 is 0 Å². The number of hydrogen-bond donors (Lipinski definition) is 4. The number of carbonyl (C=O) groups excluding carboxylic acids is 2. The van der Waals surface area contributed by atoms with Crippen LogP contribution in [-0.4, -0.2) is 57.0 Å². The molecule has 0 atom stereocenters. The molecule has 4 rings (SSSR count). The number of ether oxygens (including phenoxy) is 1. The fraction of sp³-hybridized carbons (Fsp3) is 0.643. The molecule has 10 nitrogen and oxygen atoms in total. The molecule has 2 aromatic heterocycles. The van der Waals surface area contributed by atoms with Crippen LogP contribution in [0, 0.1) is 18.3 Å². The standard InChI is InChI=1S/C19H28N6O.C9H17NO2/c1-11(2)16-17(13-4-6-15(7-5-13)22-10-26)23-24-18(16)14-8-12(3)19(20)25(21)9-14;1-7-5-10(6-7)8(11)12-9(2,3)4/h8-11,13,15,20H,4-7,21H2,1-3H3,(H,22,26)(H,23,24);7H,5-6H2,1-4H3. The number of nitrogens with two attached hydrogens (primary N) is 1. The molecule has 2 aliphatic rings. The minimum absolute atomic E-state index is 0.180. The van der Waals surface area contributed by atoms with Gasteiger partial charge < -0.3 is 20.8 Å². The van der Waals surface area contributed by atoms with Crippen molar-refractivity contribution in [2.45, 2.75) is 97.6 Å². The zero-order valence-corrected chi connectivity index (χ0v) is 23.9. The Kier molecular flexibility index (Phi) is 9.27. The lowest BCUT2D eigenvalue weighted by molar-refractivity contribution is -0.110. The lowest BCUT2D eigenvalue weighted by Crippen LogP contribution is -2.50. The van der Waals surface area contributed by atoms with Crippen molar-refractivity contribution < 1.29 is 14.3 Å². The van der Waals surface area contributed by atoms with E-state index in [-0.39, 0.29) is 17.7 Å². The molecule has 3 heterocycles. The molecule has 1 saturated carbocycles. The topological polar surface area (TPSA) is 142 Å². The third-order valence-electron chi connectivity index (χ3n) is 7.12. The second kappa shape index (κ2) is 12.0. The maximum Gasteiger partial charge on any atom is 0.410 e. The molecule has 2 aromatic rings. The number of aromatic nitrogens is 3. The summed E-state index contributed by atoms with van der Waals surface area (Å²) >= 11 is 0. The van der Waals surface area contributed by atoms with E-state index in [0.29, 0.717) is 23.2 Å². The number of amides is 2. The van der Waals surface area contributed by atoms with Crippen molar-refractivity contribution in [1.82, 2.24) is 25.1 Å². The zero-order valence-electron chi connectivity index (χ0n) is 23.9. The van der Waals surface area contributed by atoms with Gasteiger partial charge in [0.1, 0.15) is 11.1 Å². The van der Waals surface area contributed by atoms with Gasteiger partial charge in [-0.2, -0.15) is 5.10 Å². The van der Waals surface area contributed by atoms with Gasteiger partial charge in [-0.05, 0) is 76.8 Å². The van der Waals surface area contributed by atoms with Crippen molar-refractivity contribution >= 4 is 12.5 Å². The third-order valence-corrected chi connectivity index (χ3v) is 7.12. The summed E-state index contributed by atoms with van der Waals surface area (Å²) in [5.41, 5.74) is 5.05. The van der Waals surface area contributed by atoms with Gasteiger partial charge in [-0.25, -0.2) is 4.79 Å². The van der Waals surface area contributed by atoms with Crippen molar-refractivity contribution in [3.05, 3.63) is 34.6 Å². The first-order valence-electron chi connectivity index (χ1n) is 13.6. The minimum Gasteiger partial charge on any atom is -0.444 e. The molecular formula is C28H45N7O3. The van der Waals surface area contributed by atoms with E-state index in [2.05, 4.69) is 36.3 Å².